The van der Waals surface area contributed by atoms with E-state index in [4.69, 9.17) is 19.4 Å². The normalized spacial score (nSPS) is 11.3. The Morgan fingerprint density at radius 1 is 0.265 bits per heavy atom. The molecule has 0 spiro atoms. The van der Waals surface area contributed by atoms with Crippen molar-refractivity contribution in [1.82, 2.24) is 15.0 Å². The predicted molar refractivity (Wildman–Crippen MR) is 200 cm³/mol. The third kappa shape index (κ3) is 5.35. The van der Waals surface area contributed by atoms with Gasteiger partial charge in [-0.25, -0.2) is 15.0 Å². The summed E-state index contributed by atoms with van der Waals surface area (Å²) in [6, 6.07) is 60.4. The van der Waals surface area contributed by atoms with Gasteiger partial charge in [0.2, 0.25) is 0 Å². The van der Waals surface area contributed by atoms with E-state index in [0.717, 1.165) is 66.4 Å². The molecule has 2 aromatic heterocycles. The van der Waals surface area contributed by atoms with Gasteiger partial charge in [0.25, 0.3) is 0 Å². The molecule has 0 fully saturated rings. The lowest BCUT2D eigenvalue weighted by Gasteiger charge is -2.10. The van der Waals surface area contributed by atoms with E-state index in [1.807, 2.05) is 42.5 Å². The minimum atomic E-state index is 0.622. The van der Waals surface area contributed by atoms with Crippen LogP contribution in [0.4, 0.5) is 0 Å². The molecule has 0 aliphatic rings. The molecule has 0 aliphatic heterocycles. The van der Waals surface area contributed by atoms with Crippen LogP contribution in [0.2, 0.25) is 0 Å². The molecule has 7 aromatic carbocycles. The van der Waals surface area contributed by atoms with Crippen LogP contribution in [0.15, 0.2) is 180 Å². The van der Waals surface area contributed by atoms with Gasteiger partial charge in [-0.1, -0.05) is 176 Å². The second-order valence-corrected chi connectivity index (χ2v) is 12.0. The van der Waals surface area contributed by atoms with Gasteiger partial charge in [0, 0.05) is 38.6 Å². The van der Waals surface area contributed by atoms with Crippen LogP contribution >= 0.6 is 0 Å². The quantitative estimate of drug-likeness (QED) is 0.184. The molecule has 0 atom stereocenters. The van der Waals surface area contributed by atoms with Crippen LogP contribution in [-0.2, 0) is 0 Å². The highest BCUT2D eigenvalue weighted by molar-refractivity contribution is 6.13. The standard InChI is InChI=1S/C45H29N3O/c1-4-12-30(13-5-1)31-22-26-35(27-23-31)44-46-43(34-16-8-3-9-17-34)47-45(48-44)36-28-24-33(25-29-36)38-19-11-21-40-39-20-10-18-37(41(39)49-42(38)40)32-14-6-2-7-15-32/h1-29H. The molecular weight excluding hydrogens is 599 g/mol. The van der Waals surface area contributed by atoms with Crippen LogP contribution in [0.5, 0.6) is 0 Å². The third-order valence-corrected chi connectivity index (χ3v) is 8.98. The summed E-state index contributed by atoms with van der Waals surface area (Å²) < 4.78 is 6.67. The highest BCUT2D eigenvalue weighted by Gasteiger charge is 2.17. The second-order valence-electron chi connectivity index (χ2n) is 12.0. The zero-order valence-electron chi connectivity index (χ0n) is 26.5. The van der Waals surface area contributed by atoms with E-state index in [9.17, 15) is 0 Å². The fraction of sp³-hybridized carbons (Fsp3) is 0. The SMILES string of the molecule is c1ccc(-c2ccc(-c3nc(-c4ccccc4)nc(-c4ccc(-c5cccc6c5oc5c(-c7ccccc7)cccc56)cc4)n3)cc2)cc1. The molecule has 0 bridgehead atoms. The maximum absolute atomic E-state index is 6.67. The van der Waals surface area contributed by atoms with Crippen LogP contribution in [0, 0.1) is 0 Å². The van der Waals surface area contributed by atoms with Crippen molar-refractivity contribution in [2.75, 3.05) is 0 Å². The van der Waals surface area contributed by atoms with Crippen LogP contribution in [0.1, 0.15) is 0 Å². The van der Waals surface area contributed by atoms with Crippen molar-refractivity contribution in [3.05, 3.63) is 176 Å². The zero-order chi connectivity index (χ0) is 32.6. The van der Waals surface area contributed by atoms with E-state index >= 15 is 0 Å². The number of aromatic nitrogens is 3. The number of nitrogens with zero attached hydrogens (tertiary/aromatic N) is 3. The first-order valence-corrected chi connectivity index (χ1v) is 16.4. The van der Waals surface area contributed by atoms with Gasteiger partial charge in [0.1, 0.15) is 11.2 Å². The number of para-hydroxylation sites is 2. The molecule has 4 heteroatoms. The molecule has 0 amide bonds. The monoisotopic (exact) mass is 627 g/mol. The topological polar surface area (TPSA) is 51.8 Å². The summed E-state index contributed by atoms with van der Waals surface area (Å²) in [6.45, 7) is 0. The molecule has 0 N–H and O–H groups in total. The molecule has 9 rings (SSSR count). The van der Waals surface area contributed by atoms with E-state index in [1.54, 1.807) is 0 Å². The van der Waals surface area contributed by atoms with Crippen LogP contribution in [0.25, 0.3) is 89.5 Å². The average molecular weight is 628 g/mol. The molecule has 2 heterocycles. The minimum Gasteiger partial charge on any atom is -0.455 e. The Morgan fingerprint density at radius 3 is 1.06 bits per heavy atom. The van der Waals surface area contributed by atoms with E-state index in [-0.39, 0.29) is 0 Å². The van der Waals surface area contributed by atoms with Gasteiger partial charge < -0.3 is 4.42 Å². The van der Waals surface area contributed by atoms with E-state index < -0.39 is 0 Å². The predicted octanol–water partition coefficient (Wildman–Crippen LogP) is 11.8. The Balaban J connectivity index is 1.11. The van der Waals surface area contributed by atoms with Crippen LogP contribution < -0.4 is 0 Å². The first-order valence-electron chi connectivity index (χ1n) is 16.4. The van der Waals surface area contributed by atoms with Crippen molar-refractivity contribution in [2.45, 2.75) is 0 Å². The Labute approximate surface area is 284 Å². The Kier molecular flexibility index (Phi) is 7.10. The molecule has 49 heavy (non-hydrogen) atoms. The smallest absolute Gasteiger partial charge is 0.164 e. The number of hydrogen-bond acceptors (Lipinski definition) is 4. The molecular formula is C45H29N3O. The van der Waals surface area contributed by atoms with Crippen molar-refractivity contribution >= 4 is 21.9 Å². The summed E-state index contributed by atoms with van der Waals surface area (Å²) in [5.41, 5.74) is 11.2. The Bertz CT molecular complexity index is 2560. The van der Waals surface area contributed by atoms with Crippen molar-refractivity contribution in [3.8, 4) is 67.5 Å². The molecule has 230 valence electrons. The number of rotatable bonds is 6. The fourth-order valence-corrected chi connectivity index (χ4v) is 6.48. The van der Waals surface area contributed by atoms with Gasteiger partial charge in [0.05, 0.1) is 0 Å². The van der Waals surface area contributed by atoms with E-state index in [2.05, 4.69) is 133 Å². The summed E-state index contributed by atoms with van der Waals surface area (Å²) in [7, 11) is 0. The molecule has 0 radical (unpaired) electrons. The van der Waals surface area contributed by atoms with Crippen molar-refractivity contribution in [2.24, 2.45) is 0 Å². The molecule has 0 aliphatic carbocycles. The van der Waals surface area contributed by atoms with Crippen LogP contribution in [0.3, 0.4) is 0 Å². The summed E-state index contributed by atoms with van der Waals surface area (Å²) in [6.07, 6.45) is 0. The van der Waals surface area contributed by atoms with E-state index in [0.29, 0.717) is 17.5 Å². The molecule has 0 saturated carbocycles. The Morgan fingerprint density at radius 2 is 0.592 bits per heavy atom. The molecule has 4 nitrogen and oxygen atoms in total. The Hall–Kier alpha value is -6.65. The summed E-state index contributed by atoms with van der Waals surface area (Å²) in [5, 5.41) is 2.21. The molecule has 0 saturated heterocycles. The maximum Gasteiger partial charge on any atom is 0.164 e. The number of fused-ring (bicyclic) bond motifs is 3. The van der Waals surface area contributed by atoms with Crippen molar-refractivity contribution in [1.29, 1.82) is 0 Å². The third-order valence-electron chi connectivity index (χ3n) is 8.98. The van der Waals surface area contributed by atoms with E-state index in [1.165, 1.54) is 5.56 Å². The van der Waals surface area contributed by atoms with Crippen molar-refractivity contribution < 1.29 is 4.42 Å². The van der Waals surface area contributed by atoms with Gasteiger partial charge in [0.15, 0.2) is 17.5 Å². The molecule has 9 aromatic rings. The van der Waals surface area contributed by atoms with Gasteiger partial charge in [-0.2, -0.15) is 0 Å². The lowest BCUT2D eigenvalue weighted by Crippen LogP contribution is -2.00. The fourth-order valence-electron chi connectivity index (χ4n) is 6.48. The van der Waals surface area contributed by atoms with Crippen molar-refractivity contribution in [3.63, 3.8) is 0 Å². The van der Waals surface area contributed by atoms with Gasteiger partial charge >= 0.3 is 0 Å². The first kappa shape index (κ1) is 28.6. The first-order chi connectivity index (χ1) is 24.3. The highest BCUT2D eigenvalue weighted by Crippen LogP contribution is 2.40. The number of hydrogen-bond donors (Lipinski definition) is 0. The van der Waals surface area contributed by atoms with Gasteiger partial charge in [-0.15, -0.1) is 0 Å². The largest absolute Gasteiger partial charge is 0.455 e. The van der Waals surface area contributed by atoms with Gasteiger partial charge in [-0.3, -0.25) is 0 Å². The zero-order valence-corrected chi connectivity index (χ0v) is 26.5. The second kappa shape index (κ2) is 12.2. The lowest BCUT2D eigenvalue weighted by atomic mass is 9.99. The van der Waals surface area contributed by atoms with Gasteiger partial charge in [-0.05, 0) is 22.3 Å². The summed E-state index contributed by atoms with van der Waals surface area (Å²) >= 11 is 0. The maximum atomic E-state index is 6.67. The highest BCUT2D eigenvalue weighted by atomic mass is 16.3. The summed E-state index contributed by atoms with van der Waals surface area (Å²) in [5.74, 6) is 1.89. The molecule has 0 unspecified atom stereocenters. The van der Waals surface area contributed by atoms with Crippen LogP contribution in [-0.4, -0.2) is 15.0 Å². The number of benzene rings is 7. The minimum absolute atomic E-state index is 0.622. The average Bonchev–Trinajstić information content (AvgIpc) is 3.58. The lowest BCUT2D eigenvalue weighted by molar-refractivity contribution is 0.671. The summed E-state index contributed by atoms with van der Waals surface area (Å²) in [4.78, 5) is 14.8. The number of furan rings is 1.